The van der Waals surface area contributed by atoms with Gasteiger partial charge in [-0.15, -0.1) is 11.3 Å². The first-order valence-electron chi connectivity index (χ1n) is 16.9. The molecule has 3 nitrogen and oxygen atoms in total. The van der Waals surface area contributed by atoms with Crippen molar-refractivity contribution < 1.29 is 4.42 Å². The Hall–Kier alpha value is -6.36. The van der Waals surface area contributed by atoms with E-state index in [4.69, 9.17) is 4.42 Å². The molecule has 50 heavy (non-hydrogen) atoms. The summed E-state index contributed by atoms with van der Waals surface area (Å²) >= 11 is 1.88. The van der Waals surface area contributed by atoms with Crippen LogP contribution in [0.3, 0.4) is 0 Å². The minimum Gasteiger partial charge on any atom is -0.456 e. The Labute approximate surface area is 291 Å². The van der Waals surface area contributed by atoms with E-state index in [0.29, 0.717) is 0 Å². The number of hydrogen-bond acceptors (Lipinski definition) is 3. The van der Waals surface area contributed by atoms with E-state index in [-0.39, 0.29) is 0 Å². The van der Waals surface area contributed by atoms with E-state index >= 15 is 0 Å². The van der Waals surface area contributed by atoms with Gasteiger partial charge in [0.1, 0.15) is 11.2 Å². The first kappa shape index (κ1) is 27.6. The van der Waals surface area contributed by atoms with Crippen LogP contribution in [0.5, 0.6) is 0 Å². The second-order valence-electron chi connectivity index (χ2n) is 12.9. The van der Waals surface area contributed by atoms with E-state index < -0.39 is 0 Å². The monoisotopic (exact) mass is 656 g/mol. The third-order valence-corrected chi connectivity index (χ3v) is 11.4. The standard InChI is InChI=1S/C46H28N2OS/c1-2-13-30(14-3-1)47-37-18-7-4-15-32(37)33-27-25-31(28-40(33)47)48(39-20-11-22-42-45(39)36-17-5-8-21-41(36)49-42)38-19-10-12-29-24-26-35-34-16-6-9-23-43(34)50-46(35)44(29)38/h1-28H. The summed E-state index contributed by atoms with van der Waals surface area (Å²) in [5.41, 5.74) is 8.57. The zero-order valence-electron chi connectivity index (χ0n) is 26.9. The summed E-state index contributed by atoms with van der Waals surface area (Å²) < 4.78 is 11.5. The Kier molecular flexibility index (Phi) is 5.83. The van der Waals surface area contributed by atoms with E-state index in [9.17, 15) is 0 Å². The quantitative estimate of drug-likeness (QED) is 0.188. The van der Waals surface area contributed by atoms with Crippen molar-refractivity contribution in [1.82, 2.24) is 4.57 Å². The molecule has 3 heterocycles. The van der Waals surface area contributed by atoms with Crippen molar-refractivity contribution in [2.45, 2.75) is 0 Å². The minimum absolute atomic E-state index is 0.875. The fourth-order valence-corrected chi connectivity index (χ4v) is 9.29. The van der Waals surface area contributed by atoms with Gasteiger partial charge in [-0.1, -0.05) is 109 Å². The van der Waals surface area contributed by atoms with Crippen molar-refractivity contribution >= 4 is 103 Å². The molecule has 11 rings (SSSR count). The van der Waals surface area contributed by atoms with Crippen LogP contribution in [0.1, 0.15) is 0 Å². The molecule has 0 saturated heterocycles. The fraction of sp³-hybridized carbons (Fsp3) is 0. The summed E-state index contributed by atoms with van der Waals surface area (Å²) in [6, 6.07) is 61.2. The molecule has 0 spiro atoms. The average Bonchev–Trinajstić information content (AvgIpc) is 3.85. The smallest absolute Gasteiger partial charge is 0.137 e. The van der Waals surface area contributed by atoms with Crippen molar-refractivity contribution in [3.05, 3.63) is 170 Å². The molecule has 0 atom stereocenters. The van der Waals surface area contributed by atoms with Crippen molar-refractivity contribution in [3.8, 4) is 5.69 Å². The Morgan fingerprint density at radius 1 is 0.460 bits per heavy atom. The average molecular weight is 657 g/mol. The number of furan rings is 1. The van der Waals surface area contributed by atoms with Gasteiger partial charge in [-0.3, -0.25) is 0 Å². The van der Waals surface area contributed by atoms with Gasteiger partial charge in [0.05, 0.1) is 27.8 Å². The van der Waals surface area contributed by atoms with Crippen LogP contribution in [0.2, 0.25) is 0 Å². The summed E-state index contributed by atoms with van der Waals surface area (Å²) in [6.45, 7) is 0. The first-order valence-corrected chi connectivity index (χ1v) is 17.8. The van der Waals surface area contributed by atoms with Crippen LogP contribution in [0.15, 0.2) is 174 Å². The molecule has 0 fully saturated rings. The van der Waals surface area contributed by atoms with Gasteiger partial charge in [-0.05, 0) is 66.0 Å². The molecule has 0 aliphatic heterocycles. The predicted molar refractivity (Wildman–Crippen MR) is 213 cm³/mol. The summed E-state index contributed by atoms with van der Waals surface area (Å²) in [5, 5.41) is 9.73. The highest BCUT2D eigenvalue weighted by molar-refractivity contribution is 7.26. The molecule has 0 aliphatic carbocycles. The largest absolute Gasteiger partial charge is 0.456 e. The molecule has 0 unspecified atom stereocenters. The van der Waals surface area contributed by atoms with Crippen molar-refractivity contribution in [2.75, 3.05) is 4.90 Å². The normalized spacial score (nSPS) is 12.0. The number of anilines is 3. The van der Waals surface area contributed by atoms with Crippen LogP contribution in [-0.2, 0) is 0 Å². The number of para-hydroxylation sites is 3. The Balaban J connectivity index is 1.29. The fourth-order valence-electron chi connectivity index (χ4n) is 8.02. The molecule has 4 heteroatoms. The number of aromatic nitrogens is 1. The van der Waals surface area contributed by atoms with Crippen molar-refractivity contribution in [2.24, 2.45) is 0 Å². The Bertz CT molecular complexity index is 3110. The van der Waals surface area contributed by atoms with Crippen LogP contribution in [0, 0.1) is 0 Å². The van der Waals surface area contributed by atoms with Crippen LogP contribution >= 0.6 is 11.3 Å². The summed E-state index contributed by atoms with van der Waals surface area (Å²) in [5.74, 6) is 0. The van der Waals surface area contributed by atoms with E-state index in [1.165, 1.54) is 47.2 Å². The zero-order valence-corrected chi connectivity index (χ0v) is 27.7. The SMILES string of the molecule is c1ccc(-n2c3ccccc3c3ccc(N(c4cccc5oc6ccccc6c45)c4cccc5ccc6c7ccccc7sc6c45)cc32)cc1. The lowest BCUT2D eigenvalue weighted by molar-refractivity contribution is 0.669. The number of rotatable bonds is 4. The van der Waals surface area contributed by atoms with Gasteiger partial charge in [-0.25, -0.2) is 0 Å². The van der Waals surface area contributed by atoms with Gasteiger partial charge in [0.15, 0.2) is 0 Å². The maximum absolute atomic E-state index is 6.47. The third kappa shape index (κ3) is 3.91. The molecule has 0 saturated carbocycles. The molecule has 11 aromatic rings. The molecule has 3 aromatic heterocycles. The molecular formula is C46H28N2OS. The molecule has 0 N–H and O–H groups in total. The maximum atomic E-state index is 6.47. The van der Waals surface area contributed by atoms with Gasteiger partial charge in [0, 0.05) is 53.1 Å². The molecule has 8 aromatic carbocycles. The van der Waals surface area contributed by atoms with Crippen molar-refractivity contribution in [1.29, 1.82) is 0 Å². The van der Waals surface area contributed by atoms with Crippen LogP contribution in [-0.4, -0.2) is 4.57 Å². The van der Waals surface area contributed by atoms with Gasteiger partial charge in [0.25, 0.3) is 0 Å². The number of thiophene rings is 1. The van der Waals surface area contributed by atoms with E-state index in [1.54, 1.807) is 0 Å². The Morgan fingerprint density at radius 3 is 2.04 bits per heavy atom. The molecule has 234 valence electrons. The lowest BCUT2D eigenvalue weighted by Gasteiger charge is -2.28. The predicted octanol–water partition coefficient (Wildman–Crippen LogP) is 13.7. The molecular weight excluding hydrogens is 629 g/mol. The second kappa shape index (κ2) is 10.6. The summed E-state index contributed by atoms with van der Waals surface area (Å²) in [6.07, 6.45) is 0. The van der Waals surface area contributed by atoms with E-state index in [1.807, 2.05) is 17.4 Å². The zero-order chi connectivity index (χ0) is 32.8. The molecule has 0 amide bonds. The van der Waals surface area contributed by atoms with Gasteiger partial charge in [0.2, 0.25) is 0 Å². The maximum Gasteiger partial charge on any atom is 0.137 e. The molecule has 0 radical (unpaired) electrons. The van der Waals surface area contributed by atoms with Gasteiger partial charge < -0.3 is 13.9 Å². The lowest BCUT2D eigenvalue weighted by Crippen LogP contribution is -2.11. The van der Waals surface area contributed by atoms with Crippen molar-refractivity contribution in [3.63, 3.8) is 0 Å². The van der Waals surface area contributed by atoms with E-state index in [2.05, 4.69) is 173 Å². The summed E-state index contributed by atoms with van der Waals surface area (Å²) in [7, 11) is 0. The van der Waals surface area contributed by atoms with Crippen LogP contribution in [0.4, 0.5) is 17.1 Å². The van der Waals surface area contributed by atoms with Gasteiger partial charge >= 0.3 is 0 Å². The minimum atomic E-state index is 0.875. The highest BCUT2D eigenvalue weighted by atomic mass is 32.1. The second-order valence-corrected chi connectivity index (χ2v) is 13.9. The Morgan fingerprint density at radius 2 is 1.14 bits per heavy atom. The number of benzene rings is 8. The highest BCUT2D eigenvalue weighted by Gasteiger charge is 2.24. The first-order chi connectivity index (χ1) is 24.8. The van der Waals surface area contributed by atoms with Crippen LogP contribution in [0.25, 0.3) is 80.4 Å². The third-order valence-electron chi connectivity index (χ3n) is 10.2. The number of hydrogen-bond donors (Lipinski definition) is 0. The summed E-state index contributed by atoms with van der Waals surface area (Å²) in [4.78, 5) is 2.46. The lowest BCUT2D eigenvalue weighted by atomic mass is 10.0. The molecule has 0 bridgehead atoms. The number of fused-ring (bicyclic) bond motifs is 11. The van der Waals surface area contributed by atoms with Crippen LogP contribution < -0.4 is 4.90 Å². The van der Waals surface area contributed by atoms with Gasteiger partial charge in [-0.2, -0.15) is 0 Å². The number of nitrogens with zero attached hydrogens (tertiary/aromatic N) is 2. The van der Waals surface area contributed by atoms with E-state index in [0.717, 1.165) is 50.2 Å². The topological polar surface area (TPSA) is 21.3 Å². The highest BCUT2D eigenvalue weighted by Crippen LogP contribution is 2.49. The molecule has 0 aliphatic rings.